The van der Waals surface area contributed by atoms with Gasteiger partial charge in [-0.15, -0.1) is 0 Å². The molecule has 0 aromatic heterocycles. The quantitative estimate of drug-likeness (QED) is 0.468. The van der Waals surface area contributed by atoms with Crippen LogP contribution in [0.5, 0.6) is 0 Å². The normalized spacial score (nSPS) is 13.9. The molecule has 3 aromatic carbocycles. The summed E-state index contributed by atoms with van der Waals surface area (Å²) < 4.78 is 0. The molecule has 1 aliphatic heterocycles. The molecule has 0 atom stereocenters. The number of nitrogens with zero attached hydrogens (tertiary/aromatic N) is 1. The fraction of sp³-hybridized carbons (Fsp3) is 0.120. The third kappa shape index (κ3) is 4.24. The van der Waals surface area contributed by atoms with Crippen LogP contribution in [0, 0.1) is 20.8 Å². The van der Waals surface area contributed by atoms with Gasteiger partial charge in [-0.1, -0.05) is 53.2 Å². The van der Waals surface area contributed by atoms with Gasteiger partial charge in [0.25, 0.3) is 11.8 Å². The van der Waals surface area contributed by atoms with E-state index in [2.05, 4.69) is 5.32 Å². The lowest BCUT2D eigenvalue weighted by molar-refractivity contribution is -0.120. The number of nitrogens with one attached hydrogen (secondary N) is 1. The highest BCUT2D eigenvalue weighted by molar-refractivity contribution is 8.04. The molecule has 0 spiro atoms. The summed E-state index contributed by atoms with van der Waals surface area (Å²) in [5, 5.41) is 3.80. The zero-order chi connectivity index (χ0) is 22.1. The summed E-state index contributed by atoms with van der Waals surface area (Å²) in [5.74, 6) is -0.705. The Bertz CT molecular complexity index is 1130. The van der Waals surface area contributed by atoms with Gasteiger partial charge in [-0.2, -0.15) is 0 Å². The summed E-state index contributed by atoms with van der Waals surface area (Å²) >= 11 is 7.26. The first-order valence-corrected chi connectivity index (χ1v) is 11.0. The maximum atomic E-state index is 13.5. The number of carbonyl (C=O) groups excluding carboxylic acids is 2. The van der Waals surface area contributed by atoms with Gasteiger partial charge in [0.2, 0.25) is 0 Å². The number of benzene rings is 3. The van der Waals surface area contributed by atoms with Crippen molar-refractivity contribution < 1.29 is 9.59 Å². The molecule has 0 aliphatic carbocycles. The topological polar surface area (TPSA) is 49.4 Å². The van der Waals surface area contributed by atoms with Gasteiger partial charge in [0, 0.05) is 15.6 Å². The average molecular weight is 449 g/mol. The summed E-state index contributed by atoms with van der Waals surface area (Å²) in [4.78, 5) is 29.4. The van der Waals surface area contributed by atoms with Crippen molar-refractivity contribution in [2.45, 2.75) is 25.7 Å². The van der Waals surface area contributed by atoms with Crippen LogP contribution in [0.1, 0.15) is 16.7 Å². The van der Waals surface area contributed by atoms with Crippen molar-refractivity contribution in [3.8, 4) is 0 Å². The van der Waals surface area contributed by atoms with E-state index in [-0.39, 0.29) is 17.5 Å². The SMILES string of the molecule is Cc1ccc(NC2=C(Sc3ccc(Cl)cc3)C(=O)N(c3cccc(C)c3C)C2=O)cc1. The van der Waals surface area contributed by atoms with Crippen LogP contribution in [0.25, 0.3) is 0 Å². The largest absolute Gasteiger partial charge is 0.350 e. The maximum absolute atomic E-state index is 13.5. The van der Waals surface area contributed by atoms with Gasteiger partial charge >= 0.3 is 0 Å². The van der Waals surface area contributed by atoms with E-state index in [0.29, 0.717) is 15.6 Å². The standard InChI is InChI=1S/C25H21ClN2O2S/c1-15-7-11-19(12-8-15)27-22-23(31-20-13-9-18(26)10-14-20)25(30)28(24(22)29)21-6-4-5-16(2)17(21)3/h4-14,27H,1-3H3. The number of carbonyl (C=O) groups is 2. The molecular formula is C25H21ClN2O2S. The molecule has 0 unspecified atom stereocenters. The smallest absolute Gasteiger partial charge is 0.283 e. The van der Waals surface area contributed by atoms with Crippen LogP contribution < -0.4 is 10.2 Å². The number of halogens is 1. The molecule has 0 fully saturated rings. The maximum Gasteiger partial charge on any atom is 0.283 e. The van der Waals surface area contributed by atoms with E-state index in [1.807, 2.05) is 69.3 Å². The Labute approximate surface area is 190 Å². The van der Waals surface area contributed by atoms with E-state index in [4.69, 9.17) is 11.6 Å². The van der Waals surface area contributed by atoms with Gasteiger partial charge in [0.05, 0.1) is 5.69 Å². The van der Waals surface area contributed by atoms with E-state index in [9.17, 15) is 9.59 Å². The van der Waals surface area contributed by atoms with E-state index >= 15 is 0 Å². The fourth-order valence-corrected chi connectivity index (χ4v) is 4.37. The van der Waals surface area contributed by atoms with E-state index in [1.54, 1.807) is 18.2 Å². The first-order chi connectivity index (χ1) is 14.8. The highest BCUT2D eigenvalue weighted by atomic mass is 35.5. The molecule has 0 saturated heterocycles. The Kier molecular flexibility index (Phi) is 5.90. The van der Waals surface area contributed by atoms with Crippen molar-refractivity contribution in [3.63, 3.8) is 0 Å². The zero-order valence-corrected chi connectivity index (χ0v) is 19.0. The molecule has 0 saturated carbocycles. The first kappa shape index (κ1) is 21.2. The summed E-state index contributed by atoms with van der Waals surface area (Å²) in [6.45, 7) is 5.88. The molecule has 0 radical (unpaired) electrons. The number of amides is 2. The summed E-state index contributed by atoms with van der Waals surface area (Å²) in [7, 11) is 0. The Hall–Kier alpha value is -3.02. The first-order valence-electron chi connectivity index (χ1n) is 9.81. The molecule has 6 heteroatoms. The van der Waals surface area contributed by atoms with Crippen LogP contribution in [-0.2, 0) is 9.59 Å². The van der Waals surface area contributed by atoms with Gasteiger partial charge in [-0.25, -0.2) is 4.90 Å². The summed E-state index contributed by atoms with van der Waals surface area (Å²) in [6.07, 6.45) is 0. The number of anilines is 2. The second-order valence-corrected chi connectivity index (χ2v) is 8.94. The molecular weight excluding hydrogens is 428 g/mol. The van der Waals surface area contributed by atoms with Crippen LogP contribution in [0.4, 0.5) is 11.4 Å². The van der Waals surface area contributed by atoms with Gasteiger partial charge in [0.15, 0.2) is 0 Å². The molecule has 31 heavy (non-hydrogen) atoms. The van der Waals surface area contributed by atoms with Crippen molar-refractivity contribution in [2.24, 2.45) is 0 Å². The van der Waals surface area contributed by atoms with E-state index < -0.39 is 0 Å². The number of thioether (sulfide) groups is 1. The molecule has 1 aliphatic rings. The van der Waals surface area contributed by atoms with Crippen molar-refractivity contribution in [2.75, 3.05) is 10.2 Å². The Balaban J connectivity index is 1.77. The number of hydrogen-bond donors (Lipinski definition) is 1. The molecule has 156 valence electrons. The Morgan fingerprint density at radius 1 is 0.839 bits per heavy atom. The molecule has 1 N–H and O–H groups in total. The minimum absolute atomic E-state index is 0.273. The average Bonchev–Trinajstić information content (AvgIpc) is 2.97. The third-order valence-corrected chi connectivity index (χ3v) is 6.56. The molecule has 3 aromatic rings. The lowest BCUT2D eigenvalue weighted by atomic mass is 10.1. The number of aryl methyl sites for hydroxylation is 2. The second-order valence-electron chi connectivity index (χ2n) is 7.42. The second kappa shape index (κ2) is 8.61. The van der Waals surface area contributed by atoms with Crippen molar-refractivity contribution >= 4 is 46.6 Å². The summed E-state index contributed by atoms with van der Waals surface area (Å²) in [5.41, 5.74) is 4.65. The van der Waals surface area contributed by atoms with Crippen LogP contribution in [-0.4, -0.2) is 11.8 Å². The van der Waals surface area contributed by atoms with Crippen molar-refractivity contribution in [1.82, 2.24) is 0 Å². The minimum Gasteiger partial charge on any atom is -0.350 e. The van der Waals surface area contributed by atoms with Crippen LogP contribution in [0.2, 0.25) is 5.02 Å². The Morgan fingerprint density at radius 3 is 2.19 bits per heavy atom. The zero-order valence-electron chi connectivity index (χ0n) is 17.4. The minimum atomic E-state index is -0.365. The lowest BCUT2D eigenvalue weighted by Gasteiger charge is -2.19. The molecule has 1 heterocycles. The predicted octanol–water partition coefficient (Wildman–Crippen LogP) is 6.25. The summed E-state index contributed by atoms with van der Waals surface area (Å²) in [6, 6.07) is 20.5. The number of rotatable bonds is 5. The van der Waals surface area contributed by atoms with Crippen LogP contribution >= 0.6 is 23.4 Å². The Morgan fingerprint density at radius 2 is 1.52 bits per heavy atom. The lowest BCUT2D eigenvalue weighted by Crippen LogP contribution is -2.33. The highest BCUT2D eigenvalue weighted by Gasteiger charge is 2.40. The fourth-order valence-electron chi connectivity index (χ4n) is 3.31. The van der Waals surface area contributed by atoms with Gasteiger partial charge in [-0.05, 0) is 74.4 Å². The molecule has 4 nitrogen and oxygen atoms in total. The number of hydrogen-bond acceptors (Lipinski definition) is 4. The van der Waals surface area contributed by atoms with Crippen LogP contribution in [0.15, 0.2) is 82.2 Å². The molecule has 2 amide bonds. The van der Waals surface area contributed by atoms with E-state index in [1.165, 1.54) is 16.7 Å². The molecule has 4 rings (SSSR count). The highest BCUT2D eigenvalue weighted by Crippen LogP contribution is 2.39. The van der Waals surface area contributed by atoms with Crippen molar-refractivity contribution in [1.29, 1.82) is 0 Å². The monoisotopic (exact) mass is 448 g/mol. The van der Waals surface area contributed by atoms with Gasteiger partial charge in [-0.3, -0.25) is 9.59 Å². The molecule has 0 bridgehead atoms. The third-order valence-electron chi connectivity index (χ3n) is 5.21. The van der Waals surface area contributed by atoms with Crippen molar-refractivity contribution in [3.05, 3.63) is 99.0 Å². The van der Waals surface area contributed by atoms with E-state index in [0.717, 1.165) is 27.3 Å². The van der Waals surface area contributed by atoms with Gasteiger partial charge in [0.1, 0.15) is 10.6 Å². The van der Waals surface area contributed by atoms with Crippen LogP contribution in [0.3, 0.4) is 0 Å². The predicted molar refractivity (Wildman–Crippen MR) is 128 cm³/mol. The van der Waals surface area contributed by atoms with Gasteiger partial charge < -0.3 is 5.32 Å². The number of imide groups is 1.